The monoisotopic (exact) mass is 336 g/mol. The Kier molecular flexibility index (Phi) is 3.99. The highest BCUT2D eigenvalue weighted by Crippen LogP contribution is 2.22. The van der Waals surface area contributed by atoms with Crippen molar-refractivity contribution in [1.82, 2.24) is 9.78 Å². The van der Waals surface area contributed by atoms with Gasteiger partial charge in [-0.3, -0.25) is 4.68 Å². The molecule has 4 nitrogen and oxygen atoms in total. The van der Waals surface area contributed by atoms with Crippen molar-refractivity contribution in [3.05, 3.63) is 51.8 Å². The molecule has 1 aromatic carbocycles. The van der Waals surface area contributed by atoms with E-state index in [1.807, 2.05) is 45.0 Å². The molecule has 2 aromatic rings. The van der Waals surface area contributed by atoms with Crippen LogP contribution in [0.2, 0.25) is 0 Å². The first-order valence-corrected chi connectivity index (χ1v) is 7.13. The van der Waals surface area contributed by atoms with Crippen LogP contribution in [0.25, 0.3) is 0 Å². The first kappa shape index (κ1) is 14.8. The van der Waals surface area contributed by atoms with Crippen molar-refractivity contribution in [1.29, 1.82) is 0 Å². The fourth-order valence-electron chi connectivity index (χ4n) is 1.88. The Morgan fingerprint density at radius 3 is 2.60 bits per heavy atom. The van der Waals surface area contributed by atoms with E-state index in [9.17, 15) is 9.90 Å². The molecule has 0 radical (unpaired) electrons. The van der Waals surface area contributed by atoms with E-state index in [-0.39, 0.29) is 11.1 Å². The van der Waals surface area contributed by atoms with Crippen molar-refractivity contribution in [2.24, 2.45) is 0 Å². The van der Waals surface area contributed by atoms with Crippen LogP contribution in [-0.4, -0.2) is 20.9 Å². The minimum absolute atomic E-state index is 0.174. The highest BCUT2D eigenvalue weighted by molar-refractivity contribution is 9.10. The Morgan fingerprint density at radius 2 is 2.05 bits per heavy atom. The SMILES string of the molecule is CC(C)(C)c1cc(C(=O)O)n(Cc2cccc(Br)c2)n1. The van der Waals surface area contributed by atoms with Gasteiger partial charge in [0.25, 0.3) is 0 Å². The summed E-state index contributed by atoms with van der Waals surface area (Å²) in [7, 11) is 0. The van der Waals surface area contributed by atoms with Crippen molar-refractivity contribution in [3.63, 3.8) is 0 Å². The Labute approximate surface area is 126 Å². The highest BCUT2D eigenvalue weighted by atomic mass is 79.9. The van der Waals surface area contributed by atoms with Crippen LogP contribution in [0.1, 0.15) is 42.5 Å². The Bertz CT molecular complexity index is 642. The third-order valence-corrected chi connectivity index (χ3v) is 3.48. The largest absolute Gasteiger partial charge is 0.477 e. The second kappa shape index (κ2) is 5.40. The molecule has 0 aliphatic rings. The van der Waals surface area contributed by atoms with Crippen LogP contribution in [0.4, 0.5) is 0 Å². The lowest BCUT2D eigenvalue weighted by atomic mass is 9.92. The van der Waals surface area contributed by atoms with Gasteiger partial charge >= 0.3 is 5.97 Å². The van der Waals surface area contributed by atoms with Gasteiger partial charge in [-0.25, -0.2) is 4.79 Å². The van der Waals surface area contributed by atoms with Crippen LogP contribution >= 0.6 is 15.9 Å². The van der Waals surface area contributed by atoms with Gasteiger partial charge in [-0.1, -0.05) is 48.8 Å². The number of carboxylic acids is 1. The van der Waals surface area contributed by atoms with Crippen molar-refractivity contribution < 1.29 is 9.90 Å². The van der Waals surface area contributed by atoms with Gasteiger partial charge in [-0.05, 0) is 23.8 Å². The zero-order valence-electron chi connectivity index (χ0n) is 11.7. The highest BCUT2D eigenvalue weighted by Gasteiger charge is 2.22. The topological polar surface area (TPSA) is 55.1 Å². The molecule has 1 N–H and O–H groups in total. The predicted octanol–water partition coefficient (Wildman–Crippen LogP) is 3.69. The second-order valence-corrected chi connectivity index (χ2v) is 6.67. The Morgan fingerprint density at radius 1 is 1.35 bits per heavy atom. The van der Waals surface area contributed by atoms with Gasteiger partial charge in [0.05, 0.1) is 12.2 Å². The van der Waals surface area contributed by atoms with E-state index in [0.717, 1.165) is 15.7 Å². The third kappa shape index (κ3) is 3.28. The van der Waals surface area contributed by atoms with E-state index in [4.69, 9.17) is 0 Å². The Balaban J connectivity index is 2.40. The average Bonchev–Trinajstić information content (AvgIpc) is 2.72. The summed E-state index contributed by atoms with van der Waals surface area (Å²) >= 11 is 3.41. The van der Waals surface area contributed by atoms with Gasteiger partial charge in [-0.15, -0.1) is 0 Å². The number of hydrogen-bond acceptors (Lipinski definition) is 2. The number of carbonyl (C=O) groups is 1. The van der Waals surface area contributed by atoms with Crippen LogP contribution in [0.3, 0.4) is 0 Å². The summed E-state index contributed by atoms with van der Waals surface area (Å²) in [5, 5.41) is 13.8. The summed E-state index contributed by atoms with van der Waals surface area (Å²) in [6.07, 6.45) is 0. The smallest absolute Gasteiger partial charge is 0.354 e. The molecular weight excluding hydrogens is 320 g/mol. The molecule has 0 unspecified atom stereocenters. The summed E-state index contributed by atoms with van der Waals surface area (Å²) in [6.45, 7) is 6.50. The van der Waals surface area contributed by atoms with Crippen LogP contribution in [0, 0.1) is 0 Å². The predicted molar refractivity (Wildman–Crippen MR) is 81.1 cm³/mol. The second-order valence-electron chi connectivity index (χ2n) is 5.76. The fourth-order valence-corrected chi connectivity index (χ4v) is 2.33. The molecule has 106 valence electrons. The number of halogens is 1. The molecule has 0 atom stereocenters. The number of benzene rings is 1. The maximum absolute atomic E-state index is 11.3. The fraction of sp³-hybridized carbons (Fsp3) is 0.333. The molecule has 0 spiro atoms. The van der Waals surface area contributed by atoms with E-state index in [0.29, 0.717) is 6.54 Å². The molecule has 20 heavy (non-hydrogen) atoms. The first-order valence-electron chi connectivity index (χ1n) is 6.33. The summed E-state index contributed by atoms with van der Waals surface area (Å²) in [6, 6.07) is 9.43. The van der Waals surface area contributed by atoms with E-state index in [1.54, 1.807) is 10.7 Å². The van der Waals surface area contributed by atoms with Gasteiger partial charge in [0.1, 0.15) is 5.69 Å². The average molecular weight is 337 g/mol. The normalized spacial score (nSPS) is 11.6. The first-order chi connectivity index (χ1) is 9.27. The lowest BCUT2D eigenvalue weighted by Crippen LogP contribution is -2.14. The number of aromatic nitrogens is 2. The summed E-state index contributed by atoms with van der Waals surface area (Å²) in [4.78, 5) is 11.3. The number of carboxylic acid groups (broad SMARTS) is 1. The van der Waals surface area contributed by atoms with Crippen molar-refractivity contribution >= 4 is 21.9 Å². The zero-order chi connectivity index (χ0) is 14.9. The maximum atomic E-state index is 11.3. The van der Waals surface area contributed by atoms with Crippen LogP contribution < -0.4 is 0 Å². The van der Waals surface area contributed by atoms with Crippen LogP contribution in [0.5, 0.6) is 0 Å². The number of nitrogens with zero attached hydrogens (tertiary/aromatic N) is 2. The summed E-state index contributed by atoms with van der Waals surface area (Å²) in [5.74, 6) is -0.956. The van der Waals surface area contributed by atoms with Gasteiger partial charge in [0, 0.05) is 9.89 Å². The van der Waals surface area contributed by atoms with Gasteiger partial charge in [-0.2, -0.15) is 5.10 Å². The van der Waals surface area contributed by atoms with Crippen molar-refractivity contribution in [2.45, 2.75) is 32.7 Å². The summed E-state index contributed by atoms with van der Waals surface area (Å²) in [5.41, 5.74) is 1.83. The third-order valence-electron chi connectivity index (χ3n) is 2.99. The minimum atomic E-state index is -0.956. The lowest BCUT2D eigenvalue weighted by Gasteiger charge is -2.14. The van der Waals surface area contributed by atoms with Crippen LogP contribution in [-0.2, 0) is 12.0 Å². The molecule has 0 saturated heterocycles. The number of rotatable bonds is 3. The minimum Gasteiger partial charge on any atom is -0.477 e. The van der Waals surface area contributed by atoms with Crippen LogP contribution in [0.15, 0.2) is 34.8 Å². The molecule has 5 heteroatoms. The molecule has 1 heterocycles. The standard InChI is InChI=1S/C15H17BrN2O2/c1-15(2,3)13-8-12(14(19)20)18(17-13)9-10-5-4-6-11(16)7-10/h4-8H,9H2,1-3H3,(H,19,20). The maximum Gasteiger partial charge on any atom is 0.354 e. The molecule has 0 fully saturated rings. The molecule has 1 aromatic heterocycles. The Hall–Kier alpha value is -1.62. The molecule has 0 saturated carbocycles. The quantitative estimate of drug-likeness (QED) is 0.929. The van der Waals surface area contributed by atoms with Gasteiger partial charge < -0.3 is 5.11 Å². The molecule has 0 bridgehead atoms. The number of hydrogen-bond donors (Lipinski definition) is 1. The van der Waals surface area contributed by atoms with Crippen molar-refractivity contribution in [3.8, 4) is 0 Å². The molecule has 0 aliphatic carbocycles. The molecular formula is C15H17BrN2O2. The summed E-state index contributed by atoms with van der Waals surface area (Å²) < 4.78 is 2.51. The van der Waals surface area contributed by atoms with Crippen molar-refractivity contribution in [2.75, 3.05) is 0 Å². The van der Waals surface area contributed by atoms with Gasteiger partial charge in [0.2, 0.25) is 0 Å². The molecule has 0 aliphatic heterocycles. The number of aromatic carboxylic acids is 1. The molecule has 2 rings (SSSR count). The lowest BCUT2D eigenvalue weighted by molar-refractivity contribution is 0.0684. The van der Waals surface area contributed by atoms with Gasteiger partial charge in [0.15, 0.2) is 0 Å². The van der Waals surface area contributed by atoms with E-state index in [1.165, 1.54) is 0 Å². The van der Waals surface area contributed by atoms with E-state index < -0.39 is 5.97 Å². The van der Waals surface area contributed by atoms with E-state index in [2.05, 4.69) is 21.0 Å². The zero-order valence-corrected chi connectivity index (χ0v) is 13.3. The van der Waals surface area contributed by atoms with E-state index >= 15 is 0 Å². The molecule has 0 amide bonds.